The van der Waals surface area contributed by atoms with Gasteiger partial charge in [0.2, 0.25) is 11.8 Å². The number of aliphatic carboxylic acids is 1. The number of rotatable bonds is 8. The molecule has 6 rings (SSSR count). The van der Waals surface area contributed by atoms with Crippen LogP contribution in [0.25, 0.3) is 22.2 Å². The minimum absolute atomic E-state index is 0.0609. The summed E-state index contributed by atoms with van der Waals surface area (Å²) in [6, 6.07) is 15.6. The first-order valence-corrected chi connectivity index (χ1v) is 16.3. The summed E-state index contributed by atoms with van der Waals surface area (Å²) in [7, 11) is 0. The summed E-state index contributed by atoms with van der Waals surface area (Å²) in [6.07, 6.45) is 3.60. The van der Waals surface area contributed by atoms with Crippen LogP contribution in [0.15, 0.2) is 67.3 Å². The van der Waals surface area contributed by atoms with Crippen molar-refractivity contribution < 1.29 is 33.8 Å². The van der Waals surface area contributed by atoms with Gasteiger partial charge in [0, 0.05) is 29.4 Å². The maximum absolute atomic E-state index is 14.1. The number of amides is 3. The Morgan fingerprint density at radius 3 is 2.72 bits per heavy atom. The highest BCUT2D eigenvalue weighted by atomic mass is 16.5. The van der Waals surface area contributed by atoms with E-state index in [0.29, 0.717) is 31.4 Å². The molecule has 2 fully saturated rings. The highest BCUT2D eigenvalue weighted by Crippen LogP contribution is 2.45. The molecule has 3 aromatic rings. The Balaban J connectivity index is 1.39. The molecule has 3 heterocycles. The number of benzene rings is 2. The van der Waals surface area contributed by atoms with Crippen molar-refractivity contribution in [2.45, 2.75) is 75.6 Å². The van der Waals surface area contributed by atoms with Crippen molar-refractivity contribution in [1.29, 1.82) is 0 Å². The lowest BCUT2D eigenvalue weighted by Gasteiger charge is -2.29. The van der Waals surface area contributed by atoms with Gasteiger partial charge in [-0.15, -0.1) is 6.58 Å². The van der Waals surface area contributed by atoms with Gasteiger partial charge in [-0.2, -0.15) is 0 Å². The van der Waals surface area contributed by atoms with Gasteiger partial charge in [0.1, 0.15) is 29.5 Å². The first kappa shape index (κ1) is 32.0. The summed E-state index contributed by atoms with van der Waals surface area (Å²) in [6.45, 7) is 5.91. The molecule has 1 saturated heterocycles. The van der Waals surface area contributed by atoms with Gasteiger partial charge in [0.25, 0.3) is 0 Å². The summed E-state index contributed by atoms with van der Waals surface area (Å²) >= 11 is 0. The van der Waals surface area contributed by atoms with Crippen LogP contribution in [0.4, 0.5) is 4.79 Å². The highest BCUT2D eigenvalue weighted by Gasteiger charge is 2.61. The maximum Gasteiger partial charge on any atom is 0.407 e. The van der Waals surface area contributed by atoms with Gasteiger partial charge < -0.3 is 30.1 Å². The molecule has 47 heavy (non-hydrogen) atoms. The molecule has 0 unspecified atom stereocenters. The predicted molar refractivity (Wildman–Crippen MR) is 175 cm³/mol. The number of nitrogens with zero attached hydrogens (tertiary/aromatic N) is 2. The fraction of sp³-hybridized carbons (Fsp3) is 0.417. The van der Waals surface area contributed by atoms with Crippen molar-refractivity contribution in [2.24, 2.45) is 5.92 Å². The average Bonchev–Trinajstić information content (AvgIpc) is 3.64. The van der Waals surface area contributed by atoms with E-state index in [1.807, 2.05) is 61.5 Å². The van der Waals surface area contributed by atoms with Crippen LogP contribution in [-0.2, 0) is 25.5 Å². The molecule has 1 saturated carbocycles. The lowest BCUT2D eigenvalue weighted by molar-refractivity contribution is -0.145. The summed E-state index contributed by atoms with van der Waals surface area (Å²) in [5, 5.41) is 16.2. The number of carboxylic acid groups (broad SMARTS) is 1. The van der Waals surface area contributed by atoms with Crippen LogP contribution in [0, 0.1) is 5.92 Å². The third-order valence-corrected chi connectivity index (χ3v) is 9.35. The van der Waals surface area contributed by atoms with E-state index in [2.05, 4.69) is 17.2 Å². The van der Waals surface area contributed by atoms with Crippen molar-refractivity contribution in [3.63, 3.8) is 0 Å². The Morgan fingerprint density at radius 2 is 2.00 bits per heavy atom. The Morgan fingerprint density at radius 1 is 1.19 bits per heavy atom. The molecule has 0 radical (unpaired) electrons. The third kappa shape index (κ3) is 6.65. The van der Waals surface area contributed by atoms with Crippen LogP contribution in [0.1, 0.15) is 51.0 Å². The molecule has 3 aliphatic rings. The molecule has 11 nitrogen and oxygen atoms in total. The molecule has 2 aromatic carbocycles. The normalized spacial score (nSPS) is 25.9. The van der Waals surface area contributed by atoms with Crippen LogP contribution >= 0.6 is 0 Å². The molecule has 4 bridgehead atoms. The summed E-state index contributed by atoms with van der Waals surface area (Å²) in [5.74, 6) is -2.02. The Labute approximate surface area is 273 Å². The van der Waals surface area contributed by atoms with Crippen molar-refractivity contribution in [1.82, 2.24) is 20.5 Å². The number of carboxylic acids is 1. The third-order valence-electron chi connectivity index (χ3n) is 9.35. The van der Waals surface area contributed by atoms with E-state index in [9.17, 15) is 24.3 Å². The molecule has 11 heteroatoms. The molecule has 1 aromatic heterocycles. The number of cyclic esters (lactones) is 1. The number of nitrogens with one attached hydrogen (secondary N) is 2. The SMILES string of the molecule is C=C[C@@H]1C[C@]1(NC(=O)[C@@H]1C[C@@H]2CN1C(=O)[C@H](CCCC)NC(=O)OCCCc1ccc3nc(-c4ccccc4)cc(c3c1)O2)C(=O)O. The summed E-state index contributed by atoms with van der Waals surface area (Å²) in [5.41, 5.74) is 1.92. The Kier molecular flexibility index (Phi) is 9.15. The molecule has 0 spiro atoms. The van der Waals surface area contributed by atoms with Gasteiger partial charge in [-0.25, -0.2) is 14.6 Å². The first-order chi connectivity index (χ1) is 22.7. The number of hydrogen-bond acceptors (Lipinski definition) is 7. The summed E-state index contributed by atoms with van der Waals surface area (Å²) in [4.78, 5) is 59.3. The number of aryl methyl sites for hydroxylation is 1. The van der Waals surface area contributed by atoms with Gasteiger partial charge in [-0.3, -0.25) is 9.59 Å². The second-order valence-electron chi connectivity index (χ2n) is 12.6. The lowest BCUT2D eigenvalue weighted by atomic mass is 10.0. The molecular weight excluding hydrogens is 600 g/mol. The van der Waals surface area contributed by atoms with Crippen LogP contribution in [0.5, 0.6) is 5.75 Å². The second kappa shape index (κ2) is 13.4. The summed E-state index contributed by atoms with van der Waals surface area (Å²) < 4.78 is 12.1. The van der Waals surface area contributed by atoms with Crippen molar-refractivity contribution in [3.8, 4) is 17.0 Å². The van der Waals surface area contributed by atoms with E-state index < -0.39 is 53.5 Å². The number of carbonyl (C=O) groups excluding carboxylic acids is 3. The molecule has 3 amide bonds. The number of unbranched alkanes of at least 4 members (excludes halogenated alkanes) is 1. The van der Waals surface area contributed by atoms with Crippen LogP contribution in [-0.4, -0.2) is 75.7 Å². The number of hydrogen-bond donors (Lipinski definition) is 3. The zero-order valence-electron chi connectivity index (χ0n) is 26.4. The molecule has 246 valence electrons. The Hall–Kier alpha value is -4.93. The van der Waals surface area contributed by atoms with Gasteiger partial charge in [-0.05, 0) is 43.4 Å². The van der Waals surface area contributed by atoms with Gasteiger partial charge in [-0.1, -0.05) is 62.2 Å². The van der Waals surface area contributed by atoms with E-state index >= 15 is 0 Å². The average molecular weight is 641 g/mol. The minimum Gasteiger partial charge on any atom is -0.488 e. The monoisotopic (exact) mass is 640 g/mol. The zero-order chi connectivity index (χ0) is 33.1. The molecule has 1 aliphatic carbocycles. The van der Waals surface area contributed by atoms with E-state index in [1.54, 1.807) is 0 Å². The molecule has 2 aliphatic heterocycles. The smallest absolute Gasteiger partial charge is 0.407 e. The first-order valence-electron chi connectivity index (χ1n) is 16.3. The minimum atomic E-state index is -1.46. The number of pyridine rings is 1. The van der Waals surface area contributed by atoms with Crippen molar-refractivity contribution >= 4 is 34.8 Å². The van der Waals surface area contributed by atoms with Gasteiger partial charge in [0.05, 0.1) is 24.4 Å². The molecular formula is C36H40N4O7. The van der Waals surface area contributed by atoms with Crippen LogP contribution in [0.2, 0.25) is 0 Å². The Bertz CT molecular complexity index is 1700. The zero-order valence-corrected chi connectivity index (χ0v) is 26.4. The standard InChI is InChI=1S/C36H40N4O7/c1-3-5-13-28-33(42)40-21-25(18-30(40)32(41)39-36(34(43)44)20-24(36)4-2)47-31-19-29(23-11-7-6-8-12-23)37-27-15-14-22(17-26(27)31)10-9-16-46-35(45)38-28/h4,6-8,11-12,14-15,17,19,24-25,28,30H,2-3,5,9-10,13,16,18,20-21H2,1H3,(H,38,45)(H,39,41)(H,43,44)/t24-,25-,28+,30+,36-/m1/s1. The maximum atomic E-state index is 14.1. The number of fused-ring (bicyclic) bond motifs is 3. The second-order valence-corrected chi connectivity index (χ2v) is 12.6. The van der Waals surface area contributed by atoms with Gasteiger partial charge in [0.15, 0.2) is 0 Å². The molecule has 3 N–H and O–H groups in total. The van der Waals surface area contributed by atoms with E-state index in [4.69, 9.17) is 14.5 Å². The fourth-order valence-electron chi connectivity index (χ4n) is 6.62. The van der Waals surface area contributed by atoms with E-state index in [-0.39, 0.29) is 26.0 Å². The van der Waals surface area contributed by atoms with E-state index in [1.165, 1.54) is 11.0 Å². The lowest BCUT2D eigenvalue weighted by Crippen LogP contribution is -2.56. The number of aromatic nitrogens is 1. The predicted octanol–water partition coefficient (Wildman–Crippen LogP) is 4.63. The number of ether oxygens (including phenoxy) is 2. The molecule has 5 atom stereocenters. The van der Waals surface area contributed by atoms with Crippen LogP contribution < -0.4 is 15.4 Å². The van der Waals surface area contributed by atoms with E-state index in [0.717, 1.165) is 34.1 Å². The largest absolute Gasteiger partial charge is 0.488 e. The number of alkyl carbamates (subject to hydrolysis) is 1. The highest BCUT2D eigenvalue weighted by molar-refractivity contribution is 5.96. The number of carbonyl (C=O) groups is 4. The fourth-order valence-corrected chi connectivity index (χ4v) is 6.62. The van der Waals surface area contributed by atoms with Crippen molar-refractivity contribution in [3.05, 3.63) is 72.8 Å². The van der Waals surface area contributed by atoms with Crippen LogP contribution in [0.3, 0.4) is 0 Å². The van der Waals surface area contributed by atoms with Gasteiger partial charge >= 0.3 is 12.1 Å². The quantitative estimate of drug-likeness (QED) is 0.302. The topological polar surface area (TPSA) is 147 Å². The van der Waals surface area contributed by atoms with Crippen molar-refractivity contribution in [2.75, 3.05) is 13.2 Å².